The van der Waals surface area contributed by atoms with Crippen LogP contribution >= 0.6 is 0 Å². The zero-order valence-electron chi connectivity index (χ0n) is 11.6. The predicted molar refractivity (Wildman–Crippen MR) is 77.8 cm³/mol. The van der Waals surface area contributed by atoms with Crippen molar-refractivity contribution in [3.8, 4) is 0 Å². The molecule has 1 aliphatic rings. The fourth-order valence-electron chi connectivity index (χ4n) is 3.36. The Hall–Kier alpha value is -1.41. The Bertz CT molecular complexity index is 595. The molecule has 3 atom stereocenters. The minimum Gasteiger partial charge on any atom is -0.385 e. The largest absolute Gasteiger partial charge is 0.385 e. The van der Waals surface area contributed by atoms with Gasteiger partial charge in [0, 0.05) is 17.1 Å². The fraction of sp³-hybridized carbons (Fsp3) is 0.471. The normalized spacial score (nSPS) is 31.5. The van der Waals surface area contributed by atoms with E-state index in [9.17, 15) is 5.11 Å². The van der Waals surface area contributed by atoms with Gasteiger partial charge in [-0.1, -0.05) is 38.5 Å². The second-order valence-corrected chi connectivity index (χ2v) is 6.00. The van der Waals surface area contributed by atoms with Gasteiger partial charge in [0.05, 0.1) is 11.1 Å². The van der Waals surface area contributed by atoms with Crippen LogP contribution in [0.15, 0.2) is 36.5 Å². The quantitative estimate of drug-likeness (QED) is 0.839. The van der Waals surface area contributed by atoms with E-state index < -0.39 is 5.60 Å². The van der Waals surface area contributed by atoms with Crippen LogP contribution in [0, 0.1) is 11.8 Å². The number of aliphatic hydroxyl groups is 1. The van der Waals surface area contributed by atoms with Crippen molar-refractivity contribution >= 4 is 10.9 Å². The van der Waals surface area contributed by atoms with Gasteiger partial charge in [-0.05, 0) is 36.8 Å². The summed E-state index contributed by atoms with van der Waals surface area (Å²) in [6.07, 6.45) is 5.01. The topological polar surface area (TPSA) is 33.1 Å². The van der Waals surface area contributed by atoms with Crippen LogP contribution in [0.4, 0.5) is 0 Å². The van der Waals surface area contributed by atoms with Crippen LogP contribution in [0.1, 0.15) is 38.7 Å². The Kier molecular flexibility index (Phi) is 3.06. The maximum Gasteiger partial charge on any atom is 0.0939 e. The summed E-state index contributed by atoms with van der Waals surface area (Å²) in [5, 5.41) is 12.2. The number of aromatic nitrogens is 1. The molecule has 19 heavy (non-hydrogen) atoms. The van der Waals surface area contributed by atoms with Crippen molar-refractivity contribution in [1.29, 1.82) is 0 Å². The molecule has 3 unspecified atom stereocenters. The summed E-state index contributed by atoms with van der Waals surface area (Å²) in [5.74, 6) is 0.842. The number of rotatable bonds is 1. The monoisotopic (exact) mass is 255 g/mol. The van der Waals surface area contributed by atoms with Crippen molar-refractivity contribution in [1.82, 2.24) is 4.98 Å². The number of pyridine rings is 1. The average molecular weight is 255 g/mol. The van der Waals surface area contributed by atoms with Crippen LogP contribution in [0.3, 0.4) is 0 Å². The van der Waals surface area contributed by atoms with Gasteiger partial charge in [0.2, 0.25) is 0 Å². The van der Waals surface area contributed by atoms with E-state index >= 15 is 0 Å². The Morgan fingerprint density at radius 1 is 1.26 bits per heavy atom. The van der Waals surface area contributed by atoms with Crippen molar-refractivity contribution in [2.45, 2.75) is 38.7 Å². The first kappa shape index (κ1) is 12.6. The SMILES string of the molecule is CC1CCCC(O)(c2cnc3ccccc3c2)C1C. The van der Waals surface area contributed by atoms with Crippen molar-refractivity contribution in [2.24, 2.45) is 11.8 Å². The first-order valence-electron chi connectivity index (χ1n) is 7.19. The summed E-state index contributed by atoms with van der Waals surface area (Å²) in [6.45, 7) is 4.41. The molecule has 0 amide bonds. The Balaban J connectivity index is 2.07. The molecule has 1 heterocycles. The van der Waals surface area contributed by atoms with Gasteiger partial charge >= 0.3 is 0 Å². The number of hydrogen-bond acceptors (Lipinski definition) is 2. The summed E-state index contributed by atoms with van der Waals surface area (Å²) >= 11 is 0. The van der Waals surface area contributed by atoms with Gasteiger partial charge in [-0.25, -0.2) is 0 Å². The standard InChI is InChI=1S/C17H21NO/c1-12-6-5-9-17(19,13(12)2)15-10-14-7-3-4-8-16(14)18-11-15/h3-4,7-8,10-13,19H,5-6,9H2,1-2H3. The lowest BCUT2D eigenvalue weighted by Gasteiger charge is -2.42. The molecular weight excluding hydrogens is 234 g/mol. The van der Waals surface area contributed by atoms with Gasteiger partial charge in [-0.3, -0.25) is 4.98 Å². The summed E-state index contributed by atoms with van der Waals surface area (Å²) < 4.78 is 0. The third-order valence-electron chi connectivity index (χ3n) is 4.91. The molecule has 1 aliphatic carbocycles. The molecule has 0 bridgehead atoms. The molecule has 0 saturated heterocycles. The van der Waals surface area contributed by atoms with Crippen LogP contribution in [0.25, 0.3) is 10.9 Å². The molecule has 100 valence electrons. The lowest BCUT2D eigenvalue weighted by Crippen LogP contribution is -2.40. The van der Waals surface area contributed by atoms with E-state index in [2.05, 4.69) is 31.0 Å². The van der Waals surface area contributed by atoms with Crippen molar-refractivity contribution in [2.75, 3.05) is 0 Å². The highest BCUT2D eigenvalue weighted by Crippen LogP contribution is 2.44. The molecule has 0 aliphatic heterocycles. The first-order chi connectivity index (χ1) is 9.11. The first-order valence-corrected chi connectivity index (χ1v) is 7.19. The van der Waals surface area contributed by atoms with Gasteiger partial charge in [-0.2, -0.15) is 0 Å². The number of para-hydroxylation sites is 1. The third kappa shape index (κ3) is 2.04. The number of hydrogen-bond donors (Lipinski definition) is 1. The molecule has 1 aromatic heterocycles. The molecule has 2 nitrogen and oxygen atoms in total. The maximum atomic E-state index is 11.1. The van der Waals surface area contributed by atoms with E-state index in [-0.39, 0.29) is 5.92 Å². The van der Waals surface area contributed by atoms with E-state index in [0.717, 1.165) is 29.3 Å². The molecular formula is C17H21NO. The Labute approximate surface area is 114 Å². The van der Waals surface area contributed by atoms with Crippen molar-refractivity contribution < 1.29 is 5.11 Å². The highest BCUT2D eigenvalue weighted by Gasteiger charge is 2.41. The zero-order valence-corrected chi connectivity index (χ0v) is 11.6. The summed E-state index contributed by atoms with van der Waals surface area (Å²) in [5.41, 5.74) is 1.26. The zero-order chi connectivity index (χ0) is 13.5. The van der Waals surface area contributed by atoms with Crippen molar-refractivity contribution in [3.05, 3.63) is 42.1 Å². The molecule has 1 N–H and O–H groups in total. The molecule has 3 rings (SSSR count). The van der Waals surface area contributed by atoms with Crippen LogP contribution in [-0.4, -0.2) is 10.1 Å². The number of fused-ring (bicyclic) bond motifs is 1. The van der Waals surface area contributed by atoms with Crippen LogP contribution in [-0.2, 0) is 5.60 Å². The molecule has 0 radical (unpaired) electrons. The Morgan fingerprint density at radius 3 is 2.89 bits per heavy atom. The van der Waals surface area contributed by atoms with Gasteiger partial charge in [0.1, 0.15) is 0 Å². The smallest absolute Gasteiger partial charge is 0.0939 e. The molecule has 1 aromatic carbocycles. The minimum atomic E-state index is -0.714. The molecule has 0 spiro atoms. The highest BCUT2D eigenvalue weighted by atomic mass is 16.3. The average Bonchev–Trinajstić information content (AvgIpc) is 2.44. The maximum absolute atomic E-state index is 11.1. The van der Waals surface area contributed by atoms with Crippen LogP contribution in [0.5, 0.6) is 0 Å². The van der Waals surface area contributed by atoms with Crippen LogP contribution < -0.4 is 0 Å². The fourth-order valence-corrected chi connectivity index (χ4v) is 3.36. The molecule has 2 heteroatoms. The molecule has 1 saturated carbocycles. The molecule has 2 aromatic rings. The summed E-state index contributed by atoms with van der Waals surface area (Å²) in [4.78, 5) is 4.50. The molecule has 1 fully saturated rings. The highest BCUT2D eigenvalue weighted by molar-refractivity contribution is 5.78. The lowest BCUT2D eigenvalue weighted by atomic mass is 9.68. The summed E-state index contributed by atoms with van der Waals surface area (Å²) in [7, 11) is 0. The van der Waals surface area contributed by atoms with E-state index in [1.165, 1.54) is 6.42 Å². The van der Waals surface area contributed by atoms with Crippen molar-refractivity contribution in [3.63, 3.8) is 0 Å². The second kappa shape index (κ2) is 4.61. The second-order valence-electron chi connectivity index (χ2n) is 6.00. The number of nitrogens with zero attached hydrogens (tertiary/aromatic N) is 1. The Morgan fingerprint density at radius 2 is 2.05 bits per heavy atom. The minimum absolute atomic E-state index is 0.282. The van der Waals surface area contributed by atoms with Gasteiger partial charge in [0.25, 0.3) is 0 Å². The van der Waals surface area contributed by atoms with E-state index in [0.29, 0.717) is 5.92 Å². The van der Waals surface area contributed by atoms with E-state index in [1.54, 1.807) is 0 Å². The van der Waals surface area contributed by atoms with Gasteiger partial charge in [-0.15, -0.1) is 0 Å². The number of benzene rings is 1. The van der Waals surface area contributed by atoms with Gasteiger partial charge in [0.15, 0.2) is 0 Å². The summed E-state index contributed by atoms with van der Waals surface area (Å²) in [6, 6.07) is 10.2. The van der Waals surface area contributed by atoms with E-state index in [1.807, 2.05) is 24.4 Å². The van der Waals surface area contributed by atoms with Gasteiger partial charge < -0.3 is 5.11 Å². The van der Waals surface area contributed by atoms with E-state index in [4.69, 9.17) is 0 Å². The lowest BCUT2D eigenvalue weighted by molar-refractivity contribution is -0.0689. The predicted octanol–water partition coefficient (Wildman–Crippen LogP) is 3.88. The van der Waals surface area contributed by atoms with Crippen LogP contribution in [0.2, 0.25) is 0 Å². The third-order valence-corrected chi connectivity index (χ3v) is 4.91.